The van der Waals surface area contributed by atoms with Gasteiger partial charge >= 0.3 is 24.3 Å². The maximum absolute atomic E-state index is 12.5. The summed E-state index contributed by atoms with van der Waals surface area (Å²) in [6.07, 6.45) is -9.47. The van der Waals surface area contributed by atoms with E-state index in [0.717, 1.165) is 0 Å². The van der Waals surface area contributed by atoms with E-state index < -0.39 is 35.5 Å². The molecular weight excluding hydrogens is 346 g/mol. The van der Waals surface area contributed by atoms with Gasteiger partial charge in [0, 0.05) is 6.42 Å². The van der Waals surface area contributed by atoms with Gasteiger partial charge in [-0.1, -0.05) is 0 Å². The number of rotatable bonds is 2. The number of hydrogen-bond acceptors (Lipinski definition) is 4. The number of ether oxygens (including phenoxy) is 2. The van der Waals surface area contributed by atoms with E-state index in [4.69, 9.17) is 0 Å². The Balaban J connectivity index is 1.82. The summed E-state index contributed by atoms with van der Waals surface area (Å²) < 4.78 is 84.3. The quantitative estimate of drug-likeness (QED) is 0.560. The van der Waals surface area contributed by atoms with E-state index in [0.29, 0.717) is 6.42 Å². The van der Waals surface area contributed by atoms with Crippen LogP contribution >= 0.6 is 0 Å². The summed E-state index contributed by atoms with van der Waals surface area (Å²) in [4.78, 5) is 22.4. The van der Waals surface area contributed by atoms with Crippen LogP contribution in [-0.4, -0.2) is 35.5 Å². The number of carbonyl (C=O) groups is 2. The van der Waals surface area contributed by atoms with Crippen molar-refractivity contribution in [3.8, 4) is 0 Å². The molecule has 0 saturated heterocycles. The molecule has 0 aromatic rings. The molecule has 0 aliphatic heterocycles. The Morgan fingerprint density at radius 2 is 1.08 bits per heavy atom. The number of esters is 2. The number of alkyl halides is 6. The summed E-state index contributed by atoms with van der Waals surface area (Å²) in [5.74, 6) is -5.18. The fourth-order valence-corrected chi connectivity index (χ4v) is 4.84. The van der Waals surface area contributed by atoms with E-state index in [-0.39, 0.29) is 43.9 Å². The zero-order valence-electron chi connectivity index (χ0n) is 12.3. The van der Waals surface area contributed by atoms with Gasteiger partial charge in [-0.05, 0) is 43.9 Å². The smallest absolute Gasteiger partial charge is 0.452 e. The summed E-state index contributed by atoms with van der Waals surface area (Å²) in [5, 5.41) is 0. The largest absolute Gasteiger partial charge is 0.490 e. The van der Waals surface area contributed by atoms with Gasteiger partial charge in [0.25, 0.3) is 0 Å². The zero-order valence-corrected chi connectivity index (χ0v) is 12.3. The second kappa shape index (κ2) is 5.01. The molecule has 4 saturated carbocycles. The standard InChI is InChI=1S/C14H14F6O4/c15-13(16,17)9(21)23-11-2-7-1-8(4-11)5-12(3-7,6-11)24-10(22)14(18,19)20/h7-8H,1-6H2. The van der Waals surface area contributed by atoms with E-state index in [1.165, 1.54) is 0 Å². The fourth-order valence-electron chi connectivity index (χ4n) is 4.84. The molecule has 4 aliphatic carbocycles. The summed E-state index contributed by atoms with van der Waals surface area (Å²) in [6.45, 7) is 0. The van der Waals surface area contributed by atoms with E-state index in [9.17, 15) is 35.9 Å². The van der Waals surface area contributed by atoms with E-state index in [2.05, 4.69) is 9.47 Å². The van der Waals surface area contributed by atoms with Crippen molar-refractivity contribution in [3.05, 3.63) is 0 Å². The highest BCUT2D eigenvalue weighted by Gasteiger charge is 2.63. The summed E-state index contributed by atoms with van der Waals surface area (Å²) in [5.41, 5.74) is -3.02. The number of carbonyl (C=O) groups excluding carboxylic acids is 2. The highest BCUT2D eigenvalue weighted by molar-refractivity contribution is 5.77. The molecule has 136 valence electrons. The molecule has 4 aliphatic rings. The van der Waals surface area contributed by atoms with Crippen LogP contribution in [0.3, 0.4) is 0 Å². The first-order valence-electron chi connectivity index (χ1n) is 7.43. The van der Waals surface area contributed by atoms with Gasteiger partial charge in [0.05, 0.1) is 0 Å². The van der Waals surface area contributed by atoms with Gasteiger partial charge in [-0.2, -0.15) is 26.3 Å². The highest BCUT2D eigenvalue weighted by Crippen LogP contribution is 2.60. The first-order valence-corrected chi connectivity index (χ1v) is 7.43. The lowest BCUT2D eigenvalue weighted by atomic mass is 9.52. The average molecular weight is 360 g/mol. The van der Waals surface area contributed by atoms with Crippen LogP contribution < -0.4 is 0 Å². The Labute approximate surface area is 132 Å². The van der Waals surface area contributed by atoms with Gasteiger partial charge in [0.15, 0.2) is 0 Å². The predicted octanol–water partition coefficient (Wildman–Crippen LogP) is 3.29. The normalized spacial score (nSPS) is 38.1. The van der Waals surface area contributed by atoms with Gasteiger partial charge < -0.3 is 9.47 Å². The van der Waals surface area contributed by atoms with Crippen LogP contribution in [-0.2, 0) is 19.1 Å². The third kappa shape index (κ3) is 3.06. The molecule has 0 amide bonds. The molecular formula is C14H14F6O4. The van der Waals surface area contributed by atoms with Gasteiger partial charge in [0.1, 0.15) is 11.2 Å². The third-order valence-electron chi connectivity index (χ3n) is 5.04. The molecule has 4 fully saturated rings. The second-order valence-corrected chi connectivity index (χ2v) is 7.10. The molecule has 0 aromatic heterocycles. The lowest BCUT2D eigenvalue weighted by Crippen LogP contribution is -2.62. The maximum atomic E-state index is 12.5. The molecule has 4 rings (SSSR count). The fraction of sp³-hybridized carbons (Fsp3) is 0.857. The van der Waals surface area contributed by atoms with Crippen molar-refractivity contribution in [2.24, 2.45) is 11.8 Å². The Kier molecular flexibility index (Phi) is 3.62. The molecule has 0 atom stereocenters. The minimum absolute atomic E-state index is 0.149. The van der Waals surface area contributed by atoms with Crippen LogP contribution in [0.4, 0.5) is 26.3 Å². The monoisotopic (exact) mass is 360 g/mol. The molecule has 0 aromatic carbocycles. The molecule has 0 N–H and O–H groups in total. The minimum atomic E-state index is -5.18. The highest BCUT2D eigenvalue weighted by atomic mass is 19.4. The van der Waals surface area contributed by atoms with Gasteiger partial charge in [-0.25, -0.2) is 9.59 Å². The molecule has 10 heteroatoms. The Hall–Kier alpha value is -1.48. The summed E-state index contributed by atoms with van der Waals surface area (Å²) in [7, 11) is 0. The zero-order chi connectivity index (χ0) is 18.0. The van der Waals surface area contributed by atoms with Crippen molar-refractivity contribution in [2.45, 2.75) is 62.1 Å². The van der Waals surface area contributed by atoms with Gasteiger partial charge in [0.2, 0.25) is 0 Å². The van der Waals surface area contributed by atoms with E-state index in [1.807, 2.05) is 0 Å². The molecule has 24 heavy (non-hydrogen) atoms. The first kappa shape index (κ1) is 17.3. The van der Waals surface area contributed by atoms with Crippen LogP contribution in [0.2, 0.25) is 0 Å². The van der Waals surface area contributed by atoms with Crippen LogP contribution in [0, 0.1) is 11.8 Å². The van der Waals surface area contributed by atoms with Crippen molar-refractivity contribution in [2.75, 3.05) is 0 Å². The van der Waals surface area contributed by atoms with Gasteiger partial charge in [-0.3, -0.25) is 0 Å². The van der Waals surface area contributed by atoms with Crippen LogP contribution in [0.25, 0.3) is 0 Å². The van der Waals surface area contributed by atoms with E-state index in [1.54, 1.807) is 0 Å². The lowest BCUT2D eigenvalue weighted by molar-refractivity contribution is -0.263. The molecule has 4 bridgehead atoms. The van der Waals surface area contributed by atoms with Crippen molar-refractivity contribution >= 4 is 11.9 Å². The number of halogens is 6. The third-order valence-corrected chi connectivity index (χ3v) is 5.04. The topological polar surface area (TPSA) is 52.6 Å². The maximum Gasteiger partial charge on any atom is 0.490 e. The Morgan fingerprint density at radius 3 is 1.38 bits per heavy atom. The molecule has 0 heterocycles. The lowest BCUT2D eigenvalue weighted by Gasteiger charge is -2.60. The Bertz CT molecular complexity index is 507. The van der Waals surface area contributed by atoms with E-state index >= 15 is 0 Å². The molecule has 0 spiro atoms. The van der Waals surface area contributed by atoms with Gasteiger partial charge in [-0.15, -0.1) is 0 Å². The van der Waals surface area contributed by atoms with Crippen LogP contribution in [0.5, 0.6) is 0 Å². The minimum Gasteiger partial charge on any atom is -0.452 e. The van der Waals surface area contributed by atoms with Crippen molar-refractivity contribution in [1.29, 1.82) is 0 Å². The van der Waals surface area contributed by atoms with Crippen molar-refractivity contribution in [1.82, 2.24) is 0 Å². The summed E-state index contributed by atoms with van der Waals surface area (Å²) in [6, 6.07) is 0. The second-order valence-electron chi connectivity index (χ2n) is 7.10. The first-order chi connectivity index (χ1) is 10.8. The van der Waals surface area contributed by atoms with Crippen LogP contribution in [0.1, 0.15) is 38.5 Å². The van der Waals surface area contributed by atoms with Crippen molar-refractivity contribution < 1.29 is 45.4 Å². The molecule has 0 unspecified atom stereocenters. The Morgan fingerprint density at radius 1 is 0.750 bits per heavy atom. The SMILES string of the molecule is O=C(OC12CC3CC(C1)CC(OC(=O)C(F)(F)F)(C3)C2)C(F)(F)F. The number of hydrogen-bond donors (Lipinski definition) is 0. The predicted molar refractivity (Wildman–Crippen MR) is 64.4 cm³/mol. The molecule has 0 radical (unpaired) electrons. The summed E-state index contributed by atoms with van der Waals surface area (Å²) >= 11 is 0. The van der Waals surface area contributed by atoms with Crippen LogP contribution in [0.15, 0.2) is 0 Å². The molecule has 4 nitrogen and oxygen atoms in total. The van der Waals surface area contributed by atoms with Crippen molar-refractivity contribution in [3.63, 3.8) is 0 Å². The average Bonchev–Trinajstić information content (AvgIpc) is 2.33.